The van der Waals surface area contributed by atoms with Crippen molar-refractivity contribution in [3.63, 3.8) is 0 Å². The molecule has 0 saturated carbocycles. The number of rotatable bonds is 6. The van der Waals surface area contributed by atoms with Crippen LogP contribution in [0.1, 0.15) is 23.6 Å². The predicted molar refractivity (Wildman–Crippen MR) is 103 cm³/mol. The summed E-state index contributed by atoms with van der Waals surface area (Å²) < 4.78 is 16.5. The van der Waals surface area contributed by atoms with Crippen LogP contribution in [0.4, 0.5) is 0 Å². The fraction of sp³-hybridized carbons (Fsp3) is 0.429. The molecule has 0 radical (unpaired) electrons. The average molecular weight is 356 g/mol. The fourth-order valence-corrected chi connectivity index (χ4v) is 3.55. The summed E-state index contributed by atoms with van der Waals surface area (Å²) in [5, 5.41) is 3.49. The second-order valence-electron chi connectivity index (χ2n) is 6.42. The van der Waals surface area contributed by atoms with Gasteiger partial charge in [0.05, 0.1) is 27.4 Å². The van der Waals surface area contributed by atoms with E-state index in [4.69, 9.17) is 14.2 Å². The minimum absolute atomic E-state index is 0.103. The van der Waals surface area contributed by atoms with E-state index in [0.717, 1.165) is 55.4 Å². The van der Waals surface area contributed by atoms with Crippen LogP contribution in [-0.4, -0.2) is 52.4 Å². The zero-order valence-electron chi connectivity index (χ0n) is 15.8. The lowest BCUT2D eigenvalue weighted by Gasteiger charge is -2.32. The van der Waals surface area contributed by atoms with Crippen molar-refractivity contribution in [2.75, 3.05) is 47.5 Å². The SMILES string of the molecule is COc1ccc(C(c2cc(OC)ccc2OC)N2CCCNCC2)cc1. The molecule has 1 saturated heterocycles. The summed E-state index contributed by atoms with van der Waals surface area (Å²) in [5.74, 6) is 2.58. The predicted octanol–water partition coefficient (Wildman–Crippen LogP) is 3.10. The van der Waals surface area contributed by atoms with E-state index >= 15 is 0 Å². The summed E-state index contributed by atoms with van der Waals surface area (Å²) in [6.45, 7) is 4.06. The molecule has 1 fully saturated rings. The van der Waals surface area contributed by atoms with Gasteiger partial charge in [0, 0.05) is 25.2 Å². The number of methoxy groups -OCH3 is 3. The highest BCUT2D eigenvalue weighted by Gasteiger charge is 2.26. The highest BCUT2D eigenvalue weighted by Crippen LogP contribution is 2.37. The molecule has 2 aromatic carbocycles. The molecule has 1 unspecified atom stereocenters. The molecule has 5 nitrogen and oxygen atoms in total. The molecule has 0 bridgehead atoms. The van der Waals surface area contributed by atoms with Crippen LogP contribution < -0.4 is 19.5 Å². The van der Waals surface area contributed by atoms with Crippen LogP contribution in [0.3, 0.4) is 0 Å². The number of benzene rings is 2. The van der Waals surface area contributed by atoms with Crippen LogP contribution in [0, 0.1) is 0 Å². The van der Waals surface area contributed by atoms with Gasteiger partial charge in [0.15, 0.2) is 0 Å². The summed E-state index contributed by atoms with van der Waals surface area (Å²) in [6, 6.07) is 14.4. The largest absolute Gasteiger partial charge is 0.497 e. The van der Waals surface area contributed by atoms with E-state index in [1.54, 1.807) is 21.3 Å². The number of nitrogens with zero attached hydrogens (tertiary/aromatic N) is 1. The standard InChI is InChI=1S/C21H28N2O3/c1-24-17-7-5-16(6-8-17)21(23-13-4-11-22-12-14-23)19-15-18(25-2)9-10-20(19)26-3/h5-10,15,21-22H,4,11-14H2,1-3H3. The summed E-state index contributed by atoms with van der Waals surface area (Å²) in [7, 11) is 5.11. The van der Waals surface area contributed by atoms with Crippen molar-refractivity contribution in [2.24, 2.45) is 0 Å². The lowest BCUT2D eigenvalue weighted by Crippen LogP contribution is -2.33. The average Bonchev–Trinajstić information content (AvgIpc) is 2.98. The van der Waals surface area contributed by atoms with Crippen molar-refractivity contribution < 1.29 is 14.2 Å². The molecule has 1 heterocycles. The first-order valence-corrected chi connectivity index (χ1v) is 9.07. The molecule has 5 heteroatoms. The highest BCUT2D eigenvalue weighted by molar-refractivity contribution is 5.47. The Labute approximate surface area is 155 Å². The summed E-state index contributed by atoms with van der Waals surface area (Å²) >= 11 is 0. The van der Waals surface area contributed by atoms with Gasteiger partial charge in [0.2, 0.25) is 0 Å². The topological polar surface area (TPSA) is 43.0 Å². The molecule has 0 aromatic heterocycles. The van der Waals surface area contributed by atoms with Crippen LogP contribution in [0.5, 0.6) is 17.2 Å². The van der Waals surface area contributed by atoms with E-state index in [-0.39, 0.29) is 6.04 Å². The number of nitrogens with one attached hydrogen (secondary N) is 1. The second-order valence-corrected chi connectivity index (χ2v) is 6.42. The molecule has 1 atom stereocenters. The second kappa shape index (κ2) is 8.92. The Hall–Kier alpha value is -2.24. The molecule has 0 aliphatic carbocycles. The third-order valence-electron chi connectivity index (χ3n) is 4.90. The quantitative estimate of drug-likeness (QED) is 0.862. The molecule has 3 rings (SSSR count). The van der Waals surface area contributed by atoms with Crippen LogP contribution in [0.15, 0.2) is 42.5 Å². The fourth-order valence-electron chi connectivity index (χ4n) is 3.55. The molecule has 0 spiro atoms. The summed E-state index contributed by atoms with van der Waals surface area (Å²) in [5.41, 5.74) is 2.35. The van der Waals surface area contributed by atoms with Gasteiger partial charge in [-0.15, -0.1) is 0 Å². The molecule has 2 aromatic rings. The van der Waals surface area contributed by atoms with Gasteiger partial charge in [-0.25, -0.2) is 0 Å². The zero-order valence-corrected chi connectivity index (χ0v) is 15.8. The van der Waals surface area contributed by atoms with Gasteiger partial charge in [0.25, 0.3) is 0 Å². The molecule has 1 N–H and O–H groups in total. The van der Waals surface area contributed by atoms with Crippen LogP contribution >= 0.6 is 0 Å². The first-order valence-electron chi connectivity index (χ1n) is 9.07. The van der Waals surface area contributed by atoms with Gasteiger partial charge in [0.1, 0.15) is 17.2 Å². The van der Waals surface area contributed by atoms with Gasteiger partial charge in [-0.05, 0) is 48.9 Å². The number of hydrogen-bond acceptors (Lipinski definition) is 5. The van der Waals surface area contributed by atoms with Gasteiger partial charge in [-0.3, -0.25) is 4.90 Å². The van der Waals surface area contributed by atoms with Crippen molar-refractivity contribution >= 4 is 0 Å². The number of ether oxygens (including phenoxy) is 3. The Kier molecular flexibility index (Phi) is 6.36. The summed E-state index contributed by atoms with van der Waals surface area (Å²) in [6.07, 6.45) is 1.12. The van der Waals surface area contributed by atoms with Crippen molar-refractivity contribution in [2.45, 2.75) is 12.5 Å². The molecule has 140 valence electrons. The van der Waals surface area contributed by atoms with Crippen LogP contribution in [0.25, 0.3) is 0 Å². The Bertz CT molecular complexity index is 695. The molecule has 0 amide bonds. The minimum Gasteiger partial charge on any atom is -0.497 e. The molecule has 1 aliphatic heterocycles. The maximum absolute atomic E-state index is 5.69. The first kappa shape index (κ1) is 18.5. The minimum atomic E-state index is 0.103. The van der Waals surface area contributed by atoms with E-state index < -0.39 is 0 Å². The van der Waals surface area contributed by atoms with Crippen LogP contribution in [-0.2, 0) is 0 Å². The lowest BCUT2D eigenvalue weighted by atomic mass is 9.95. The van der Waals surface area contributed by atoms with Crippen molar-refractivity contribution in [1.82, 2.24) is 10.2 Å². The van der Waals surface area contributed by atoms with E-state index in [2.05, 4.69) is 28.4 Å². The van der Waals surface area contributed by atoms with E-state index in [0.29, 0.717) is 0 Å². The maximum Gasteiger partial charge on any atom is 0.124 e. The Morgan fingerprint density at radius 2 is 1.58 bits per heavy atom. The van der Waals surface area contributed by atoms with Gasteiger partial charge in [-0.2, -0.15) is 0 Å². The normalized spacial score (nSPS) is 16.6. The van der Waals surface area contributed by atoms with Crippen molar-refractivity contribution in [3.05, 3.63) is 53.6 Å². The van der Waals surface area contributed by atoms with Gasteiger partial charge in [-0.1, -0.05) is 12.1 Å². The molecular formula is C21H28N2O3. The molecule has 26 heavy (non-hydrogen) atoms. The van der Waals surface area contributed by atoms with E-state index in [9.17, 15) is 0 Å². The van der Waals surface area contributed by atoms with Gasteiger partial charge < -0.3 is 19.5 Å². The third kappa shape index (κ3) is 4.11. The van der Waals surface area contributed by atoms with Crippen molar-refractivity contribution in [3.8, 4) is 17.2 Å². The van der Waals surface area contributed by atoms with Gasteiger partial charge >= 0.3 is 0 Å². The summed E-state index contributed by atoms with van der Waals surface area (Å²) in [4.78, 5) is 2.51. The monoisotopic (exact) mass is 356 g/mol. The van der Waals surface area contributed by atoms with Crippen molar-refractivity contribution in [1.29, 1.82) is 0 Å². The first-order chi connectivity index (χ1) is 12.8. The Morgan fingerprint density at radius 3 is 2.27 bits per heavy atom. The van der Waals surface area contributed by atoms with E-state index in [1.165, 1.54) is 5.56 Å². The zero-order chi connectivity index (χ0) is 18.4. The molecular weight excluding hydrogens is 328 g/mol. The Morgan fingerprint density at radius 1 is 0.846 bits per heavy atom. The third-order valence-corrected chi connectivity index (χ3v) is 4.90. The van der Waals surface area contributed by atoms with E-state index in [1.807, 2.05) is 24.3 Å². The highest BCUT2D eigenvalue weighted by atomic mass is 16.5. The smallest absolute Gasteiger partial charge is 0.124 e. The number of hydrogen-bond donors (Lipinski definition) is 1. The molecule has 1 aliphatic rings. The lowest BCUT2D eigenvalue weighted by molar-refractivity contribution is 0.235. The Balaban J connectivity index is 2.07. The maximum atomic E-state index is 5.69. The van der Waals surface area contributed by atoms with Crippen LogP contribution in [0.2, 0.25) is 0 Å².